The lowest BCUT2D eigenvalue weighted by molar-refractivity contribution is -0.117. The molecular formula is C19H25N5O. The van der Waals surface area contributed by atoms with Crippen molar-refractivity contribution in [2.75, 3.05) is 44.2 Å². The van der Waals surface area contributed by atoms with Crippen LogP contribution in [0.1, 0.15) is 12.5 Å². The molecule has 0 aliphatic carbocycles. The zero-order chi connectivity index (χ0) is 17.6. The molecule has 2 N–H and O–H groups in total. The van der Waals surface area contributed by atoms with Crippen LogP contribution in [0.4, 0.5) is 5.69 Å². The summed E-state index contributed by atoms with van der Waals surface area (Å²) < 4.78 is 0. The molecule has 2 heterocycles. The van der Waals surface area contributed by atoms with Gasteiger partial charge in [0.2, 0.25) is 0 Å². The Hall–Kier alpha value is -2.36. The van der Waals surface area contributed by atoms with Gasteiger partial charge in [-0.3, -0.25) is 9.69 Å². The van der Waals surface area contributed by atoms with Crippen LogP contribution in [0.5, 0.6) is 0 Å². The molecule has 1 saturated heterocycles. The third-order valence-corrected chi connectivity index (χ3v) is 4.82. The molecule has 2 aliphatic heterocycles. The SMILES string of the molecule is CC1Cc2ccccc2N1/C=C(/C#N)C(=O)NCCN1CCNCC1. The van der Waals surface area contributed by atoms with Crippen LogP contribution in [0.2, 0.25) is 0 Å². The first-order chi connectivity index (χ1) is 12.2. The molecule has 6 nitrogen and oxygen atoms in total. The third-order valence-electron chi connectivity index (χ3n) is 4.82. The van der Waals surface area contributed by atoms with Gasteiger partial charge in [-0.2, -0.15) is 5.26 Å². The molecule has 132 valence electrons. The largest absolute Gasteiger partial charge is 0.350 e. The summed E-state index contributed by atoms with van der Waals surface area (Å²) in [5.41, 5.74) is 2.49. The second-order valence-electron chi connectivity index (χ2n) is 6.59. The molecule has 1 aromatic carbocycles. The molecule has 2 aliphatic rings. The molecule has 0 saturated carbocycles. The van der Waals surface area contributed by atoms with Gasteiger partial charge in [-0.15, -0.1) is 0 Å². The van der Waals surface area contributed by atoms with E-state index in [1.807, 2.05) is 23.1 Å². The van der Waals surface area contributed by atoms with Crippen LogP contribution in [-0.2, 0) is 11.2 Å². The highest BCUT2D eigenvalue weighted by atomic mass is 16.1. The van der Waals surface area contributed by atoms with Gasteiger partial charge in [-0.25, -0.2) is 0 Å². The maximum absolute atomic E-state index is 12.4. The van der Waals surface area contributed by atoms with E-state index in [4.69, 9.17) is 0 Å². The fourth-order valence-corrected chi connectivity index (χ4v) is 3.42. The van der Waals surface area contributed by atoms with E-state index in [-0.39, 0.29) is 17.5 Å². The van der Waals surface area contributed by atoms with E-state index in [1.54, 1.807) is 6.20 Å². The molecule has 1 amide bonds. The third kappa shape index (κ3) is 4.19. The number of amides is 1. The van der Waals surface area contributed by atoms with Crippen molar-refractivity contribution in [3.05, 3.63) is 41.6 Å². The summed E-state index contributed by atoms with van der Waals surface area (Å²) in [6.07, 6.45) is 2.62. The van der Waals surface area contributed by atoms with Gasteiger partial charge in [0.15, 0.2) is 0 Å². The van der Waals surface area contributed by atoms with Crippen molar-refractivity contribution in [2.45, 2.75) is 19.4 Å². The minimum Gasteiger partial charge on any atom is -0.350 e. The number of fused-ring (bicyclic) bond motifs is 1. The summed E-state index contributed by atoms with van der Waals surface area (Å²) in [5.74, 6) is -0.297. The van der Waals surface area contributed by atoms with Crippen molar-refractivity contribution in [3.8, 4) is 6.07 Å². The van der Waals surface area contributed by atoms with Gasteiger partial charge < -0.3 is 15.5 Å². The Balaban J connectivity index is 1.60. The lowest BCUT2D eigenvalue weighted by Crippen LogP contribution is -2.46. The van der Waals surface area contributed by atoms with Crippen LogP contribution >= 0.6 is 0 Å². The molecular weight excluding hydrogens is 314 g/mol. The molecule has 0 spiro atoms. The maximum atomic E-state index is 12.4. The fourth-order valence-electron chi connectivity index (χ4n) is 3.42. The Labute approximate surface area is 149 Å². The van der Waals surface area contributed by atoms with Gasteiger partial charge >= 0.3 is 0 Å². The zero-order valence-corrected chi connectivity index (χ0v) is 14.7. The van der Waals surface area contributed by atoms with Gasteiger partial charge in [0.1, 0.15) is 11.6 Å². The molecule has 0 radical (unpaired) electrons. The average Bonchev–Trinajstić information content (AvgIpc) is 2.95. The Kier molecular flexibility index (Phi) is 5.69. The number of nitriles is 1. The van der Waals surface area contributed by atoms with Gasteiger partial charge in [-0.1, -0.05) is 18.2 Å². The van der Waals surface area contributed by atoms with Gasteiger partial charge in [0, 0.05) is 57.2 Å². The number of nitrogens with zero attached hydrogens (tertiary/aromatic N) is 3. The molecule has 25 heavy (non-hydrogen) atoms. The second kappa shape index (κ2) is 8.15. The monoisotopic (exact) mass is 339 g/mol. The van der Waals surface area contributed by atoms with E-state index < -0.39 is 0 Å². The van der Waals surface area contributed by atoms with E-state index >= 15 is 0 Å². The number of piperazine rings is 1. The number of benzene rings is 1. The van der Waals surface area contributed by atoms with Crippen LogP contribution in [0.3, 0.4) is 0 Å². The minimum atomic E-state index is -0.297. The van der Waals surface area contributed by atoms with Crippen molar-refractivity contribution < 1.29 is 4.79 Å². The van der Waals surface area contributed by atoms with Crippen LogP contribution in [0.25, 0.3) is 0 Å². The first kappa shape index (κ1) is 17.5. The van der Waals surface area contributed by atoms with Crippen LogP contribution < -0.4 is 15.5 Å². The predicted molar refractivity (Wildman–Crippen MR) is 98.1 cm³/mol. The lowest BCUT2D eigenvalue weighted by atomic mass is 10.1. The first-order valence-electron chi connectivity index (χ1n) is 8.88. The maximum Gasteiger partial charge on any atom is 0.263 e. The van der Waals surface area contributed by atoms with E-state index in [0.29, 0.717) is 6.54 Å². The summed E-state index contributed by atoms with van der Waals surface area (Å²) in [4.78, 5) is 16.7. The number of para-hydroxylation sites is 1. The van der Waals surface area contributed by atoms with Crippen molar-refractivity contribution in [2.24, 2.45) is 0 Å². The molecule has 0 aromatic heterocycles. The van der Waals surface area contributed by atoms with Gasteiger partial charge in [-0.05, 0) is 25.0 Å². The number of hydrogen-bond donors (Lipinski definition) is 2. The molecule has 1 fully saturated rings. The van der Waals surface area contributed by atoms with E-state index in [1.165, 1.54) is 5.56 Å². The number of carbonyl (C=O) groups excluding carboxylic acids is 1. The molecule has 6 heteroatoms. The molecule has 0 bridgehead atoms. The van der Waals surface area contributed by atoms with E-state index in [2.05, 4.69) is 34.6 Å². The van der Waals surface area contributed by atoms with Crippen molar-refractivity contribution in [1.82, 2.24) is 15.5 Å². The summed E-state index contributed by atoms with van der Waals surface area (Å²) in [5, 5.41) is 15.6. The number of anilines is 1. The van der Waals surface area contributed by atoms with Gasteiger partial charge in [0.05, 0.1) is 0 Å². The van der Waals surface area contributed by atoms with Crippen LogP contribution in [0.15, 0.2) is 36.0 Å². The normalized spacial score (nSPS) is 20.9. The highest BCUT2D eigenvalue weighted by Gasteiger charge is 2.25. The standard InChI is InChI=1S/C19H25N5O/c1-15-12-16-4-2-3-5-18(16)24(15)14-17(13-20)19(25)22-8-11-23-9-6-21-7-10-23/h2-5,14-15,21H,6-12H2,1H3,(H,22,25)/b17-14-. The fraction of sp³-hybridized carbons (Fsp3) is 0.474. The highest BCUT2D eigenvalue weighted by molar-refractivity contribution is 5.97. The number of hydrogen-bond acceptors (Lipinski definition) is 5. The summed E-state index contributed by atoms with van der Waals surface area (Å²) in [6, 6.07) is 10.4. The number of carbonyl (C=O) groups is 1. The van der Waals surface area contributed by atoms with Gasteiger partial charge in [0.25, 0.3) is 5.91 Å². The molecule has 1 unspecified atom stereocenters. The predicted octanol–water partition coefficient (Wildman–Crippen LogP) is 0.866. The average molecular weight is 339 g/mol. The summed E-state index contributed by atoms with van der Waals surface area (Å²) >= 11 is 0. The van der Waals surface area contributed by atoms with Crippen molar-refractivity contribution >= 4 is 11.6 Å². The smallest absolute Gasteiger partial charge is 0.263 e. The topological polar surface area (TPSA) is 71.4 Å². The Morgan fingerprint density at radius 1 is 1.40 bits per heavy atom. The Morgan fingerprint density at radius 2 is 2.16 bits per heavy atom. The quantitative estimate of drug-likeness (QED) is 0.615. The summed E-state index contributed by atoms with van der Waals surface area (Å²) in [6.45, 7) is 7.46. The van der Waals surface area contributed by atoms with Crippen LogP contribution in [0, 0.1) is 11.3 Å². The highest BCUT2D eigenvalue weighted by Crippen LogP contribution is 2.32. The molecule has 3 rings (SSSR count). The van der Waals surface area contributed by atoms with Crippen molar-refractivity contribution in [3.63, 3.8) is 0 Å². The zero-order valence-electron chi connectivity index (χ0n) is 14.7. The number of nitrogens with one attached hydrogen (secondary N) is 2. The first-order valence-corrected chi connectivity index (χ1v) is 8.88. The Morgan fingerprint density at radius 3 is 2.92 bits per heavy atom. The molecule has 1 atom stereocenters. The van der Waals surface area contributed by atoms with E-state index in [0.717, 1.165) is 44.8 Å². The second-order valence-corrected chi connectivity index (χ2v) is 6.59. The number of rotatable bonds is 5. The minimum absolute atomic E-state index is 0.156. The lowest BCUT2D eigenvalue weighted by Gasteiger charge is -2.27. The van der Waals surface area contributed by atoms with E-state index in [9.17, 15) is 10.1 Å². The van der Waals surface area contributed by atoms with Crippen molar-refractivity contribution in [1.29, 1.82) is 5.26 Å². The Bertz CT molecular complexity index is 687. The van der Waals surface area contributed by atoms with Crippen LogP contribution in [-0.4, -0.2) is 56.1 Å². The summed E-state index contributed by atoms with van der Waals surface area (Å²) in [7, 11) is 0. The molecule has 1 aromatic rings.